The highest BCUT2D eigenvalue weighted by Crippen LogP contribution is 2.30. The highest BCUT2D eigenvalue weighted by molar-refractivity contribution is 5.77. The molecule has 6 nitrogen and oxygen atoms in total. The van der Waals surface area contributed by atoms with E-state index in [0.29, 0.717) is 38.6 Å². The van der Waals surface area contributed by atoms with Crippen molar-refractivity contribution in [2.45, 2.75) is 51.6 Å². The number of aliphatic carboxylic acids is 1. The molecule has 1 aliphatic heterocycles. The molecule has 2 amide bonds. The van der Waals surface area contributed by atoms with E-state index >= 15 is 0 Å². The Morgan fingerprint density at radius 2 is 2.05 bits per heavy atom. The summed E-state index contributed by atoms with van der Waals surface area (Å²) in [6.07, 6.45) is 6.64. The number of carboxylic acid groups (broad SMARTS) is 1. The van der Waals surface area contributed by atoms with E-state index in [1.807, 2.05) is 6.92 Å². The molecule has 0 radical (unpaired) electrons. The standard InChI is InChI=1S/C16H28N2O4/c1-2-22-14(12-5-3-4-6-12)7-9-17-16(21)18-10-8-13(11-18)15(19)20/h12-14H,2-11H2,1H3,(H,17,21)(H,19,20). The SMILES string of the molecule is CCOC(CCNC(=O)N1CCC(C(=O)O)C1)C1CCCC1. The van der Waals surface area contributed by atoms with E-state index < -0.39 is 11.9 Å². The number of carbonyl (C=O) groups is 2. The molecule has 0 spiro atoms. The molecule has 0 aromatic carbocycles. The van der Waals surface area contributed by atoms with Gasteiger partial charge in [-0.2, -0.15) is 0 Å². The smallest absolute Gasteiger partial charge is 0.317 e. The summed E-state index contributed by atoms with van der Waals surface area (Å²) in [5.74, 6) is -0.603. The van der Waals surface area contributed by atoms with Crippen molar-refractivity contribution in [1.82, 2.24) is 10.2 Å². The molecule has 2 unspecified atom stereocenters. The fourth-order valence-electron chi connectivity index (χ4n) is 3.58. The first-order chi connectivity index (χ1) is 10.6. The maximum Gasteiger partial charge on any atom is 0.317 e. The minimum atomic E-state index is -0.812. The molecule has 6 heteroatoms. The zero-order chi connectivity index (χ0) is 15.9. The fourth-order valence-corrected chi connectivity index (χ4v) is 3.58. The number of hydrogen-bond donors (Lipinski definition) is 2. The van der Waals surface area contributed by atoms with Gasteiger partial charge in [0.25, 0.3) is 0 Å². The Balaban J connectivity index is 1.70. The summed E-state index contributed by atoms with van der Waals surface area (Å²) in [4.78, 5) is 24.6. The zero-order valence-electron chi connectivity index (χ0n) is 13.4. The molecule has 2 aliphatic rings. The van der Waals surface area contributed by atoms with Crippen LogP contribution in [-0.4, -0.2) is 54.4 Å². The second kappa shape index (κ2) is 8.36. The molecule has 0 bridgehead atoms. The highest BCUT2D eigenvalue weighted by atomic mass is 16.5. The fraction of sp³-hybridized carbons (Fsp3) is 0.875. The summed E-state index contributed by atoms with van der Waals surface area (Å²) in [5, 5.41) is 11.9. The van der Waals surface area contributed by atoms with Gasteiger partial charge in [-0.1, -0.05) is 12.8 Å². The second-order valence-electron chi connectivity index (χ2n) is 6.33. The van der Waals surface area contributed by atoms with Crippen LogP contribution in [0, 0.1) is 11.8 Å². The number of urea groups is 1. The van der Waals surface area contributed by atoms with Crippen LogP contribution in [0.5, 0.6) is 0 Å². The summed E-state index contributed by atoms with van der Waals surface area (Å²) in [5.41, 5.74) is 0. The van der Waals surface area contributed by atoms with Gasteiger partial charge in [-0.3, -0.25) is 4.79 Å². The van der Waals surface area contributed by atoms with Crippen LogP contribution in [-0.2, 0) is 9.53 Å². The van der Waals surface area contributed by atoms with E-state index in [1.165, 1.54) is 25.7 Å². The van der Waals surface area contributed by atoms with Gasteiger partial charge in [-0.15, -0.1) is 0 Å². The van der Waals surface area contributed by atoms with E-state index in [9.17, 15) is 9.59 Å². The molecule has 1 saturated heterocycles. The molecule has 126 valence electrons. The molecular weight excluding hydrogens is 284 g/mol. The van der Waals surface area contributed by atoms with Crippen molar-refractivity contribution < 1.29 is 19.4 Å². The van der Waals surface area contributed by atoms with Crippen molar-refractivity contribution >= 4 is 12.0 Å². The van der Waals surface area contributed by atoms with E-state index in [2.05, 4.69) is 5.32 Å². The van der Waals surface area contributed by atoms with Gasteiger partial charge in [-0.05, 0) is 38.5 Å². The van der Waals surface area contributed by atoms with Crippen molar-refractivity contribution in [2.24, 2.45) is 11.8 Å². The summed E-state index contributed by atoms with van der Waals surface area (Å²) in [7, 11) is 0. The van der Waals surface area contributed by atoms with Crippen molar-refractivity contribution in [3.05, 3.63) is 0 Å². The number of ether oxygens (including phenoxy) is 1. The first kappa shape index (κ1) is 17.1. The minimum Gasteiger partial charge on any atom is -0.481 e. The third-order valence-electron chi connectivity index (χ3n) is 4.84. The van der Waals surface area contributed by atoms with Crippen LogP contribution in [0.3, 0.4) is 0 Å². The molecule has 1 heterocycles. The van der Waals surface area contributed by atoms with Gasteiger partial charge in [0.05, 0.1) is 12.0 Å². The van der Waals surface area contributed by atoms with Crippen LogP contribution >= 0.6 is 0 Å². The topological polar surface area (TPSA) is 78.9 Å². The van der Waals surface area contributed by atoms with Gasteiger partial charge in [0, 0.05) is 26.2 Å². The van der Waals surface area contributed by atoms with Gasteiger partial charge < -0.3 is 20.1 Å². The average Bonchev–Trinajstić information content (AvgIpc) is 3.17. The van der Waals surface area contributed by atoms with Crippen LogP contribution in [0.25, 0.3) is 0 Å². The van der Waals surface area contributed by atoms with Gasteiger partial charge in [0.2, 0.25) is 0 Å². The number of nitrogens with zero attached hydrogens (tertiary/aromatic N) is 1. The van der Waals surface area contributed by atoms with E-state index in [1.54, 1.807) is 4.90 Å². The molecule has 0 aromatic heterocycles. The van der Waals surface area contributed by atoms with Crippen LogP contribution in [0.4, 0.5) is 4.79 Å². The minimum absolute atomic E-state index is 0.148. The van der Waals surface area contributed by atoms with Gasteiger partial charge in [0.15, 0.2) is 0 Å². The first-order valence-corrected chi connectivity index (χ1v) is 8.49. The molecule has 0 aromatic rings. The highest BCUT2D eigenvalue weighted by Gasteiger charge is 2.31. The molecule has 2 atom stereocenters. The molecule has 2 fully saturated rings. The number of likely N-dealkylation sites (tertiary alicyclic amines) is 1. The predicted octanol–water partition coefficient (Wildman–Crippen LogP) is 2.09. The molecule has 1 aliphatic carbocycles. The lowest BCUT2D eigenvalue weighted by molar-refractivity contribution is -0.141. The maximum atomic E-state index is 12.1. The van der Waals surface area contributed by atoms with Crippen molar-refractivity contribution in [3.8, 4) is 0 Å². The Morgan fingerprint density at radius 1 is 1.32 bits per heavy atom. The normalized spacial score (nSPS) is 23.7. The Kier molecular flexibility index (Phi) is 6.49. The Morgan fingerprint density at radius 3 is 2.64 bits per heavy atom. The van der Waals surface area contributed by atoms with Crippen molar-refractivity contribution in [3.63, 3.8) is 0 Å². The lowest BCUT2D eigenvalue weighted by Gasteiger charge is -2.24. The summed E-state index contributed by atoms with van der Waals surface area (Å²) in [6, 6.07) is -0.148. The molecular formula is C16H28N2O4. The van der Waals surface area contributed by atoms with E-state index in [-0.39, 0.29) is 12.1 Å². The van der Waals surface area contributed by atoms with Gasteiger partial charge in [-0.25, -0.2) is 4.79 Å². The summed E-state index contributed by atoms with van der Waals surface area (Å²) >= 11 is 0. The largest absolute Gasteiger partial charge is 0.481 e. The van der Waals surface area contributed by atoms with Crippen LogP contribution in [0.1, 0.15) is 45.4 Å². The molecule has 1 saturated carbocycles. The number of rotatable bonds is 7. The summed E-state index contributed by atoms with van der Waals surface area (Å²) in [6.45, 7) is 4.16. The number of carboxylic acids is 1. The Bertz CT molecular complexity index is 382. The number of nitrogens with one attached hydrogen (secondary N) is 1. The lowest BCUT2D eigenvalue weighted by atomic mass is 9.98. The number of carbonyl (C=O) groups excluding carboxylic acids is 1. The van der Waals surface area contributed by atoms with E-state index in [0.717, 1.165) is 6.42 Å². The number of amides is 2. The van der Waals surface area contributed by atoms with Crippen molar-refractivity contribution in [2.75, 3.05) is 26.2 Å². The van der Waals surface area contributed by atoms with Gasteiger partial charge >= 0.3 is 12.0 Å². The van der Waals surface area contributed by atoms with E-state index in [4.69, 9.17) is 9.84 Å². The molecule has 2 rings (SSSR count). The van der Waals surface area contributed by atoms with Crippen LogP contribution in [0.15, 0.2) is 0 Å². The quantitative estimate of drug-likeness (QED) is 0.754. The van der Waals surface area contributed by atoms with Crippen LogP contribution < -0.4 is 5.32 Å². The number of hydrogen-bond acceptors (Lipinski definition) is 3. The first-order valence-electron chi connectivity index (χ1n) is 8.49. The third-order valence-corrected chi connectivity index (χ3v) is 4.84. The third kappa shape index (κ3) is 4.60. The monoisotopic (exact) mass is 312 g/mol. The zero-order valence-corrected chi connectivity index (χ0v) is 13.4. The van der Waals surface area contributed by atoms with Crippen LogP contribution in [0.2, 0.25) is 0 Å². The molecule has 22 heavy (non-hydrogen) atoms. The second-order valence-corrected chi connectivity index (χ2v) is 6.33. The Labute approximate surface area is 132 Å². The van der Waals surface area contributed by atoms with Gasteiger partial charge in [0.1, 0.15) is 0 Å². The summed E-state index contributed by atoms with van der Waals surface area (Å²) < 4.78 is 5.84. The average molecular weight is 312 g/mol. The predicted molar refractivity (Wildman–Crippen MR) is 82.7 cm³/mol. The maximum absolute atomic E-state index is 12.1. The lowest BCUT2D eigenvalue weighted by Crippen LogP contribution is -2.40. The molecule has 2 N–H and O–H groups in total. The Hall–Kier alpha value is -1.30. The van der Waals surface area contributed by atoms with Crippen molar-refractivity contribution in [1.29, 1.82) is 0 Å².